The van der Waals surface area contributed by atoms with E-state index in [0.717, 1.165) is 12.2 Å². The second kappa shape index (κ2) is 7.19. The minimum Gasteiger partial charge on any atom is -0.395 e. The Morgan fingerprint density at radius 2 is 2.29 bits per heavy atom. The normalized spacial score (nSPS) is 11.4. The maximum Gasteiger partial charge on any atom is 0.240 e. The molecule has 5 nitrogen and oxygen atoms in total. The minimum absolute atomic E-state index is 0.112. The summed E-state index contributed by atoms with van der Waals surface area (Å²) < 4.78 is 5.17. The van der Waals surface area contributed by atoms with Crippen LogP contribution in [-0.4, -0.2) is 39.8 Å². The second-order valence-electron chi connectivity index (χ2n) is 4.45. The van der Waals surface area contributed by atoms with Crippen molar-refractivity contribution >= 4 is 0 Å². The molecule has 96 valence electrons. The molecule has 0 aromatic carbocycles. The van der Waals surface area contributed by atoms with Crippen molar-refractivity contribution in [3.63, 3.8) is 0 Å². The lowest BCUT2D eigenvalue weighted by molar-refractivity contribution is 0.186. The summed E-state index contributed by atoms with van der Waals surface area (Å²) in [6, 6.07) is 0. The van der Waals surface area contributed by atoms with Crippen LogP contribution < -0.4 is 0 Å². The van der Waals surface area contributed by atoms with E-state index in [2.05, 4.69) is 30.6 Å². The number of aliphatic hydroxyl groups excluding tert-OH is 1. The first-order chi connectivity index (χ1) is 8.15. The van der Waals surface area contributed by atoms with Crippen molar-refractivity contribution < 1.29 is 9.63 Å². The van der Waals surface area contributed by atoms with Gasteiger partial charge < -0.3 is 9.63 Å². The van der Waals surface area contributed by atoms with E-state index in [1.165, 1.54) is 0 Å². The fourth-order valence-electron chi connectivity index (χ4n) is 1.55. The second-order valence-corrected chi connectivity index (χ2v) is 4.45. The van der Waals surface area contributed by atoms with Crippen LogP contribution in [0.4, 0.5) is 0 Å². The number of aliphatic hydroxyl groups is 1. The standard InChI is InChI=1S/C12H21N3O2/c1-4-5-15(6-7-16)9-12-13-11(14-17-12)8-10(2)3/h4,10,16H,1,5-9H2,2-3H3. The Balaban J connectivity index is 2.53. The van der Waals surface area contributed by atoms with Crippen LogP contribution in [0.25, 0.3) is 0 Å². The van der Waals surface area contributed by atoms with Crippen molar-refractivity contribution in [3.8, 4) is 0 Å². The molecule has 0 spiro atoms. The molecular formula is C12H21N3O2. The Labute approximate surface area is 102 Å². The molecule has 0 atom stereocenters. The highest BCUT2D eigenvalue weighted by Crippen LogP contribution is 2.06. The van der Waals surface area contributed by atoms with Gasteiger partial charge in [-0.3, -0.25) is 4.90 Å². The van der Waals surface area contributed by atoms with E-state index in [9.17, 15) is 0 Å². The molecule has 0 bridgehead atoms. The highest BCUT2D eigenvalue weighted by atomic mass is 16.5. The Hall–Kier alpha value is -1.20. The van der Waals surface area contributed by atoms with Crippen molar-refractivity contribution in [1.82, 2.24) is 15.0 Å². The third-order valence-corrected chi connectivity index (χ3v) is 2.26. The topological polar surface area (TPSA) is 62.4 Å². The van der Waals surface area contributed by atoms with Crippen molar-refractivity contribution in [1.29, 1.82) is 0 Å². The molecule has 0 fully saturated rings. The predicted molar refractivity (Wildman–Crippen MR) is 65.4 cm³/mol. The lowest BCUT2D eigenvalue weighted by Gasteiger charge is -2.16. The van der Waals surface area contributed by atoms with Gasteiger partial charge in [0.25, 0.3) is 0 Å². The molecule has 0 aliphatic carbocycles. The van der Waals surface area contributed by atoms with Crippen molar-refractivity contribution in [2.24, 2.45) is 5.92 Å². The van der Waals surface area contributed by atoms with E-state index in [1.807, 2.05) is 4.90 Å². The number of aromatic nitrogens is 2. The highest BCUT2D eigenvalue weighted by Gasteiger charge is 2.11. The lowest BCUT2D eigenvalue weighted by atomic mass is 10.1. The number of nitrogens with zero attached hydrogens (tertiary/aromatic N) is 3. The van der Waals surface area contributed by atoms with Gasteiger partial charge in [-0.1, -0.05) is 25.1 Å². The molecule has 1 aromatic heterocycles. The first kappa shape index (κ1) is 13.9. The molecular weight excluding hydrogens is 218 g/mol. The summed E-state index contributed by atoms with van der Waals surface area (Å²) in [7, 11) is 0. The van der Waals surface area contributed by atoms with Crippen LogP contribution >= 0.6 is 0 Å². The van der Waals surface area contributed by atoms with Gasteiger partial charge in [-0.25, -0.2) is 0 Å². The van der Waals surface area contributed by atoms with Crippen molar-refractivity contribution in [2.45, 2.75) is 26.8 Å². The van der Waals surface area contributed by atoms with Gasteiger partial charge in [0, 0.05) is 19.5 Å². The summed E-state index contributed by atoms with van der Waals surface area (Å²) in [6.07, 6.45) is 2.62. The Morgan fingerprint density at radius 3 is 2.88 bits per heavy atom. The summed E-state index contributed by atoms with van der Waals surface area (Å²) in [5.41, 5.74) is 0. The Bertz CT molecular complexity index is 336. The van der Waals surface area contributed by atoms with Crippen molar-refractivity contribution in [3.05, 3.63) is 24.4 Å². The third kappa shape index (κ3) is 5.10. The van der Waals surface area contributed by atoms with Gasteiger partial charge in [0.15, 0.2) is 5.82 Å². The number of hydrogen-bond acceptors (Lipinski definition) is 5. The monoisotopic (exact) mass is 239 g/mol. The van der Waals surface area contributed by atoms with E-state index in [0.29, 0.717) is 31.4 Å². The molecule has 1 N–H and O–H groups in total. The first-order valence-corrected chi connectivity index (χ1v) is 5.91. The Morgan fingerprint density at radius 1 is 1.53 bits per heavy atom. The van der Waals surface area contributed by atoms with E-state index >= 15 is 0 Å². The van der Waals surface area contributed by atoms with Crippen LogP contribution in [-0.2, 0) is 13.0 Å². The quantitative estimate of drug-likeness (QED) is 0.692. The smallest absolute Gasteiger partial charge is 0.240 e. The van der Waals surface area contributed by atoms with Crippen molar-refractivity contribution in [2.75, 3.05) is 19.7 Å². The van der Waals surface area contributed by atoms with E-state index in [1.54, 1.807) is 6.08 Å². The van der Waals surface area contributed by atoms with Gasteiger partial charge in [-0.2, -0.15) is 4.98 Å². The van der Waals surface area contributed by atoms with Crippen LogP contribution in [0.15, 0.2) is 17.2 Å². The molecule has 0 saturated heterocycles. The average molecular weight is 239 g/mol. The van der Waals surface area contributed by atoms with Gasteiger partial charge in [0.05, 0.1) is 13.2 Å². The zero-order chi connectivity index (χ0) is 12.7. The van der Waals surface area contributed by atoms with E-state index in [-0.39, 0.29) is 6.61 Å². The molecule has 1 heterocycles. The summed E-state index contributed by atoms with van der Waals surface area (Å²) in [4.78, 5) is 6.32. The van der Waals surface area contributed by atoms with Crippen LogP contribution in [0.5, 0.6) is 0 Å². The zero-order valence-electron chi connectivity index (χ0n) is 10.6. The molecule has 17 heavy (non-hydrogen) atoms. The third-order valence-electron chi connectivity index (χ3n) is 2.26. The molecule has 0 saturated carbocycles. The number of hydrogen-bond donors (Lipinski definition) is 1. The summed E-state index contributed by atoms with van der Waals surface area (Å²) in [6.45, 7) is 9.85. The van der Waals surface area contributed by atoms with Crippen LogP contribution in [0, 0.1) is 5.92 Å². The van der Waals surface area contributed by atoms with Gasteiger partial charge in [0.1, 0.15) is 0 Å². The highest BCUT2D eigenvalue weighted by molar-refractivity contribution is 4.88. The van der Waals surface area contributed by atoms with Crippen LogP contribution in [0.2, 0.25) is 0 Å². The molecule has 0 unspecified atom stereocenters. The van der Waals surface area contributed by atoms with Crippen LogP contribution in [0.3, 0.4) is 0 Å². The fraction of sp³-hybridized carbons (Fsp3) is 0.667. The van der Waals surface area contributed by atoms with Gasteiger partial charge >= 0.3 is 0 Å². The zero-order valence-corrected chi connectivity index (χ0v) is 10.6. The molecule has 0 aliphatic rings. The molecule has 5 heteroatoms. The van der Waals surface area contributed by atoms with Gasteiger partial charge in [-0.15, -0.1) is 6.58 Å². The Kier molecular flexibility index (Phi) is 5.86. The van der Waals surface area contributed by atoms with E-state index in [4.69, 9.17) is 9.63 Å². The largest absolute Gasteiger partial charge is 0.395 e. The number of rotatable bonds is 8. The van der Waals surface area contributed by atoms with Crippen LogP contribution in [0.1, 0.15) is 25.6 Å². The fourth-order valence-corrected chi connectivity index (χ4v) is 1.55. The summed E-state index contributed by atoms with van der Waals surface area (Å²) >= 11 is 0. The predicted octanol–water partition coefficient (Wildman–Crippen LogP) is 1.25. The first-order valence-electron chi connectivity index (χ1n) is 5.91. The van der Waals surface area contributed by atoms with Gasteiger partial charge in [-0.05, 0) is 5.92 Å². The summed E-state index contributed by atoms with van der Waals surface area (Å²) in [5.74, 6) is 1.86. The summed E-state index contributed by atoms with van der Waals surface area (Å²) in [5, 5.41) is 12.9. The maximum atomic E-state index is 8.92. The average Bonchev–Trinajstić information content (AvgIpc) is 2.65. The molecule has 1 rings (SSSR count). The van der Waals surface area contributed by atoms with Gasteiger partial charge in [0.2, 0.25) is 5.89 Å². The molecule has 1 aromatic rings. The maximum absolute atomic E-state index is 8.92. The SMILES string of the molecule is C=CCN(CCO)Cc1nc(CC(C)C)no1. The lowest BCUT2D eigenvalue weighted by Crippen LogP contribution is -2.26. The minimum atomic E-state index is 0.112. The molecule has 0 radical (unpaired) electrons. The molecule has 0 amide bonds. The van der Waals surface area contributed by atoms with E-state index < -0.39 is 0 Å². The molecule has 0 aliphatic heterocycles.